The summed E-state index contributed by atoms with van der Waals surface area (Å²) < 4.78 is 5.83. The quantitative estimate of drug-likeness (QED) is 0.336. The molecule has 0 unspecified atom stereocenters. The number of carbonyl (C=O) groups is 1. The maximum atomic E-state index is 12.2. The predicted octanol–water partition coefficient (Wildman–Crippen LogP) is 3.35. The van der Waals surface area contributed by atoms with Crippen LogP contribution in [0.25, 0.3) is 6.08 Å². The Morgan fingerprint density at radius 3 is 2.56 bits per heavy atom. The van der Waals surface area contributed by atoms with E-state index in [4.69, 9.17) is 21.0 Å². The molecule has 0 aromatic heterocycles. The molecule has 8 heteroatoms. The van der Waals surface area contributed by atoms with E-state index in [2.05, 4.69) is 9.98 Å². The third-order valence-electron chi connectivity index (χ3n) is 4.69. The number of ether oxygens (including phenoxy) is 1. The molecule has 0 atom stereocenters. The molecule has 8 nitrogen and oxygen atoms in total. The van der Waals surface area contributed by atoms with Gasteiger partial charge in [0.15, 0.2) is 11.4 Å². The van der Waals surface area contributed by atoms with Gasteiger partial charge in [0.05, 0.1) is 13.2 Å². The van der Waals surface area contributed by atoms with Crippen LogP contribution >= 0.6 is 0 Å². The smallest absolute Gasteiger partial charge is 0.226 e. The number of benzene rings is 2. The van der Waals surface area contributed by atoms with E-state index in [0.717, 1.165) is 24.2 Å². The molecule has 168 valence electrons. The van der Waals surface area contributed by atoms with Crippen molar-refractivity contribution in [1.29, 1.82) is 0 Å². The van der Waals surface area contributed by atoms with Gasteiger partial charge in [-0.25, -0.2) is 4.99 Å². The van der Waals surface area contributed by atoms with Crippen LogP contribution in [0.1, 0.15) is 42.6 Å². The zero-order valence-electron chi connectivity index (χ0n) is 18.4. The molecule has 0 spiro atoms. The van der Waals surface area contributed by atoms with Gasteiger partial charge in [0.1, 0.15) is 5.75 Å². The Labute approximate surface area is 188 Å². The Balaban J connectivity index is 1.41. The first kappa shape index (κ1) is 23.0. The Bertz CT molecular complexity index is 1020. The minimum atomic E-state index is -0.706. The van der Waals surface area contributed by atoms with E-state index in [9.17, 15) is 4.79 Å². The van der Waals surface area contributed by atoms with Crippen LogP contribution in [0.3, 0.4) is 0 Å². The lowest BCUT2D eigenvalue weighted by molar-refractivity contribution is -0.157. The fraction of sp³-hybridized carbons (Fsp3) is 0.292. The van der Waals surface area contributed by atoms with E-state index >= 15 is 0 Å². The van der Waals surface area contributed by atoms with E-state index in [0.29, 0.717) is 18.8 Å². The number of allylic oxidation sites excluding steroid dienone is 1. The molecule has 1 heterocycles. The van der Waals surface area contributed by atoms with Crippen molar-refractivity contribution < 1.29 is 14.4 Å². The molecule has 0 radical (unpaired) electrons. The first-order chi connectivity index (χ1) is 15.3. The molecule has 1 aliphatic heterocycles. The third-order valence-corrected chi connectivity index (χ3v) is 4.69. The average Bonchev–Trinajstić information content (AvgIpc) is 2.76. The normalized spacial score (nSPS) is 15.4. The molecule has 1 aliphatic rings. The van der Waals surface area contributed by atoms with Crippen molar-refractivity contribution in [3.63, 3.8) is 0 Å². The van der Waals surface area contributed by atoms with Crippen LogP contribution in [0.4, 0.5) is 0 Å². The summed E-state index contributed by atoms with van der Waals surface area (Å²) in [6, 6.07) is 16.8. The molecular formula is C24H29N5O3. The minimum Gasteiger partial charge on any atom is -0.494 e. The molecule has 0 aliphatic carbocycles. The summed E-state index contributed by atoms with van der Waals surface area (Å²) in [4.78, 5) is 26.1. The van der Waals surface area contributed by atoms with Gasteiger partial charge in [-0.3, -0.25) is 9.63 Å². The van der Waals surface area contributed by atoms with Crippen LogP contribution in [0.5, 0.6) is 5.75 Å². The summed E-state index contributed by atoms with van der Waals surface area (Å²) in [5, 5.41) is 1.47. The summed E-state index contributed by atoms with van der Waals surface area (Å²) >= 11 is 0. The van der Waals surface area contributed by atoms with Crippen molar-refractivity contribution >= 4 is 23.8 Å². The molecule has 0 saturated heterocycles. The second kappa shape index (κ2) is 10.6. The lowest BCUT2D eigenvalue weighted by Crippen LogP contribution is -2.53. The summed E-state index contributed by atoms with van der Waals surface area (Å²) in [6.07, 6.45) is 4.92. The molecule has 4 N–H and O–H groups in total. The Hall–Kier alpha value is -3.65. The zero-order valence-corrected chi connectivity index (χ0v) is 18.4. The van der Waals surface area contributed by atoms with Crippen LogP contribution in [0.15, 0.2) is 70.7 Å². The van der Waals surface area contributed by atoms with E-state index in [1.807, 2.05) is 56.3 Å². The number of hydrogen-bond donors (Lipinski definition) is 2. The van der Waals surface area contributed by atoms with E-state index in [-0.39, 0.29) is 17.7 Å². The molecule has 0 amide bonds. The Morgan fingerprint density at radius 2 is 1.81 bits per heavy atom. The summed E-state index contributed by atoms with van der Waals surface area (Å²) in [7, 11) is 0. The van der Waals surface area contributed by atoms with Crippen LogP contribution in [0.2, 0.25) is 0 Å². The van der Waals surface area contributed by atoms with Crippen molar-refractivity contribution in [1.82, 2.24) is 5.06 Å². The van der Waals surface area contributed by atoms with E-state index in [1.165, 1.54) is 5.06 Å². The third kappa shape index (κ3) is 6.42. The molecule has 2 aromatic rings. The van der Waals surface area contributed by atoms with Gasteiger partial charge >= 0.3 is 0 Å². The average molecular weight is 436 g/mol. The highest BCUT2D eigenvalue weighted by molar-refractivity contribution is 6.06. The van der Waals surface area contributed by atoms with Crippen LogP contribution in [-0.2, 0) is 4.84 Å². The first-order valence-electron chi connectivity index (χ1n) is 10.5. The van der Waals surface area contributed by atoms with Crippen LogP contribution in [0, 0.1) is 0 Å². The number of ketones is 1. The number of hydroxylamine groups is 2. The number of guanidine groups is 2. The number of hydrogen-bond acceptors (Lipinski definition) is 8. The van der Waals surface area contributed by atoms with Gasteiger partial charge in [-0.2, -0.15) is 10.1 Å². The number of carbonyl (C=O) groups excluding carboxylic acids is 1. The summed E-state index contributed by atoms with van der Waals surface area (Å²) in [5.41, 5.74) is 12.4. The predicted molar refractivity (Wildman–Crippen MR) is 126 cm³/mol. The molecular weight excluding hydrogens is 406 g/mol. The second-order valence-electron chi connectivity index (χ2n) is 7.75. The maximum Gasteiger partial charge on any atom is 0.226 e. The standard InChI is InChI=1S/C24H29N5O3/c1-24(2)28-22(25)27-23(26)29(24)32-16-7-6-15-31-20-12-8-9-18(17-20)13-14-21(30)19-10-4-3-5-11-19/h3-5,8-14,17H,6-7,15-16H2,1-2H3,(H4,25,26,27,28)/b14-13+. The minimum absolute atomic E-state index is 0.0344. The van der Waals surface area contributed by atoms with E-state index < -0.39 is 5.66 Å². The number of rotatable bonds is 10. The molecule has 32 heavy (non-hydrogen) atoms. The first-order valence-corrected chi connectivity index (χ1v) is 10.5. The van der Waals surface area contributed by atoms with Gasteiger partial charge < -0.3 is 16.2 Å². The monoisotopic (exact) mass is 435 g/mol. The number of nitrogens with two attached hydrogens (primary N) is 2. The largest absolute Gasteiger partial charge is 0.494 e. The highest BCUT2D eigenvalue weighted by atomic mass is 16.7. The maximum absolute atomic E-state index is 12.2. The fourth-order valence-corrected chi connectivity index (χ4v) is 3.15. The molecule has 2 aromatic carbocycles. The van der Waals surface area contributed by atoms with Crippen molar-refractivity contribution in [2.45, 2.75) is 32.4 Å². The number of aliphatic imine (C=N–C) groups is 2. The second-order valence-corrected chi connectivity index (χ2v) is 7.75. The SMILES string of the molecule is CC1(C)N=C(N)N=C(N)N1OCCCCOc1cccc(/C=C/C(=O)c2ccccc2)c1. The molecule has 0 fully saturated rings. The molecule has 3 rings (SSSR count). The Morgan fingerprint density at radius 1 is 1.06 bits per heavy atom. The molecule has 0 saturated carbocycles. The van der Waals surface area contributed by atoms with Crippen molar-refractivity contribution in [2.75, 3.05) is 13.2 Å². The van der Waals surface area contributed by atoms with Gasteiger partial charge in [-0.15, -0.1) is 0 Å². The lowest BCUT2D eigenvalue weighted by atomic mass is 10.1. The van der Waals surface area contributed by atoms with Gasteiger partial charge in [0, 0.05) is 5.56 Å². The summed E-state index contributed by atoms with van der Waals surface area (Å²) in [5.74, 6) is 1.04. The summed E-state index contributed by atoms with van der Waals surface area (Å²) in [6.45, 7) is 4.68. The van der Waals surface area contributed by atoms with Crippen LogP contribution < -0.4 is 16.2 Å². The Kier molecular flexibility index (Phi) is 7.62. The van der Waals surface area contributed by atoms with Gasteiger partial charge in [-0.05, 0) is 50.5 Å². The van der Waals surface area contributed by atoms with Gasteiger partial charge in [0.2, 0.25) is 11.9 Å². The van der Waals surface area contributed by atoms with Crippen LogP contribution in [-0.4, -0.2) is 41.6 Å². The van der Waals surface area contributed by atoms with Crippen molar-refractivity contribution in [2.24, 2.45) is 21.5 Å². The van der Waals surface area contributed by atoms with Crippen molar-refractivity contribution in [3.05, 3.63) is 71.8 Å². The zero-order chi connectivity index (χ0) is 23.0. The fourth-order valence-electron chi connectivity index (χ4n) is 3.15. The van der Waals surface area contributed by atoms with Gasteiger partial charge in [-0.1, -0.05) is 48.5 Å². The number of unbranched alkanes of at least 4 members (excludes halogenated alkanes) is 1. The number of nitrogens with zero attached hydrogens (tertiary/aromatic N) is 3. The highest BCUT2D eigenvalue weighted by Crippen LogP contribution is 2.20. The molecule has 0 bridgehead atoms. The van der Waals surface area contributed by atoms with Crippen molar-refractivity contribution in [3.8, 4) is 5.75 Å². The highest BCUT2D eigenvalue weighted by Gasteiger charge is 2.32. The topological polar surface area (TPSA) is 116 Å². The lowest BCUT2D eigenvalue weighted by Gasteiger charge is -2.36. The van der Waals surface area contributed by atoms with E-state index in [1.54, 1.807) is 24.3 Å². The van der Waals surface area contributed by atoms with Gasteiger partial charge in [0.25, 0.3) is 0 Å².